The van der Waals surface area contributed by atoms with E-state index in [2.05, 4.69) is 4.98 Å². The van der Waals surface area contributed by atoms with Crippen molar-refractivity contribution in [2.45, 2.75) is 28.8 Å². The first-order chi connectivity index (χ1) is 19.2. The molecule has 1 fully saturated rings. The summed E-state index contributed by atoms with van der Waals surface area (Å²) in [7, 11) is -4.26. The minimum absolute atomic E-state index is 0.257. The molecule has 0 radical (unpaired) electrons. The average Bonchev–Trinajstić information content (AvgIpc) is 3.67. The summed E-state index contributed by atoms with van der Waals surface area (Å²) < 4.78 is 28.8. The topological polar surface area (TPSA) is 141 Å². The lowest BCUT2D eigenvalue weighted by atomic mass is 9.99. The first kappa shape index (κ1) is 26.2. The molecular weight excluding hydrogens is 573 g/mol. The normalized spacial score (nSPS) is 13.5. The maximum atomic E-state index is 13.7. The molecule has 5 aromatic rings. The minimum Gasteiger partial charge on any atom is -0.273 e. The first-order valence-electron chi connectivity index (χ1n) is 12.2. The smallest absolute Gasteiger partial charge is 0.269 e. The number of aromatic nitrogens is 2. The molecule has 0 spiro atoms. The van der Waals surface area contributed by atoms with E-state index in [1.807, 2.05) is 41.1 Å². The summed E-state index contributed by atoms with van der Waals surface area (Å²) in [5.41, 5.74) is 1.32. The van der Waals surface area contributed by atoms with Crippen molar-refractivity contribution in [1.29, 1.82) is 0 Å². The van der Waals surface area contributed by atoms with Gasteiger partial charge in [-0.15, -0.1) is 11.3 Å². The molecule has 1 saturated carbocycles. The number of rotatable bonds is 8. The number of carbonyl (C=O) groups is 1. The van der Waals surface area contributed by atoms with Crippen molar-refractivity contribution in [3.63, 3.8) is 0 Å². The van der Waals surface area contributed by atoms with Crippen molar-refractivity contribution in [1.82, 2.24) is 14.3 Å². The van der Waals surface area contributed by atoms with Crippen molar-refractivity contribution in [3.05, 3.63) is 98.1 Å². The summed E-state index contributed by atoms with van der Waals surface area (Å²) in [6.45, 7) is 0. The number of hydrogen-bond acceptors (Lipinski definition) is 9. The Kier molecular flexibility index (Phi) is 6.64. The van der Waals surface area contributed by atoms with Crippen molar-refractivity contribution < 1.29 is 18.1 Å². The summed E-state index contributed by atoms with van der Waals surface area (Å²) in [6, 6.07) is 17.7. The lowest BCUT2D eigenvalue weighted by Gasteiger charge is -2.16. The van der Waals surface area contributed by atoms with Crippen LogP contribution in [0.15, 0.2) is 87.0 Å². The van der Waals surface area contributed by atoms with Gasteiger partial charge in [0.1, 0.15) is 4.83 Å². The number of nitro benzene ring substituents is 1. The van der Waals surface area contributed by atoms with Gasteiger partial charge in [-0.2, -0.15) is 0 Å². The zero-order chi connectivity index (χ0) is 28.0. The number of hydrogen-bond donors (Lipinski definition) is 1. The van der Waals surface area contributed by atoms with Crippen LogP contribution in [0.25, 0.3) is 26.7 Å². The van der Waals surface area contributed by atoms with E-state index in [9.17, 15) is 28.1 Å². The Balaban J connectivity index is 1.33. The SMILES string of the molecule is O=C(CSc1nc2sccc2c(=O)n1-c1ccc(C2CC2)c2ccccc12)NS(=O)(=O)c1ccc([N+](=O)[O-])cc1. The Labute approximate surface area is 235 Å². The Morgan fingerprint density at radius 3 is 2.48 bits per heavy atom. The third kappa shape index (κ3) is 4.87. The predicted molar refractivity (Wildman–Crippen MR) is 154 cm³/mol. The molecular formula is C27H20N4O6S3. The molecule has 2 aromatic heterocycles. The number of nitrogens with zero attached hydrogens (tertiary/aromatic N) is 3. The van der Waals surface area contributed by atoms with Gasteiger partial charge in [-0.25, -0.2) is 18.1 Å². The third-order valence-corrected chi connectivity index (χ3v) is 9.73. The van der Waals surface area contributed by atoms with Crippen LogP contribution in [0.3, 0.4) is 0 Å². The molecule has 6 rings (SSSR count). The van der Waals surface area contributed by atoms with Crippen molar-refractivity contribution >= 4 is 65.7 Å². The number of benzene rings is 3. The Hall–Kier alpha value is -4.07. The van der Waals surface area contributed by atoms with Gasteiger partial charge < -0.3 is 0 Å². The highest BCUT2D eigenvalue weighted by molar-refractivity contribution is 8.00. The van der Waals surface area contributed by atoms with Crippen molar-refractivity contribution in [2.24, 2.45) is 0 Å². The second kappa shape index (κ2) is 10.2. The molecule has 13 heteroatoms. The number of nitrogens with one attached hydrogen (secondary N) is 1. The molecule has 0 unspecified atom stereocenters. The molecule has 0 aliphatic heterocycles. The molecule has 0 atom stereocenters. The molecule has 0 saturated heterocycles. The third-order valence-electron chi connectivity index (χ3n) is 6.60. The number of sulfonamides is 1. The van der Waals surface area contributed by atoms with Gasteiger partial charge in [0.25, 0.3) is 21.3 Å². The molecule has 2 heterocycles. The fourth-order valence-corrected chi connectivity index (χ4v) is 7.26. The number of thiophene rings is 1. The second-order valence-electron chi connectivity index (χ2n) is 9.24. The number of amides is 1. The zero-order valence-electron chi connectivity index (χ0n) is 20.6. The van der Waals surface area contributed by atoms with E-state index < -0.39 is 20.9 Å². The van der Waals surface area contributed by atoms with Crippen LogP contribution in [0.2, 0.25) is 0 Å². The molecule has 1 aliphatic rings. The average molecular weight is 593 g/mol. The van der Waals surface area contributed by atoms with Gasteiger partial charge in [0.2, 0.25) is 5.91 Å². The van der Waals surface area contributed by atoms with Gasteiger partial charge in [-0.1, -0.05) is 42.1 Å². The standard InChI is InChI=1S/C27H20N4O6S3/c32-24(29-40(36,37)18-9-7-17(8-10-18)31(34)35)15-39-27-28-25-22(13-14-38-25)26(33)30(27)23-12-11-19(16-5-6-16)20-3-1-2-4-21(20)23/h1-4,7-14,16H,5-6,15H2,(H,29,32). The number of carbonyl (C=O) groups excluding carboxylic acids is 1. The van der Waals surface area contributed by atoms with Crippen molar-refractivity contribution in [2.75, 3.05) is 5.75 Å². The molecule has 3 aromatic carbocycles. The summed E-state index contributed by atoms with van der Waals surface area (Å²) in [4.78, 5) is 41.5. The van der Waals surface area contributed by atoms with E-state index in [-0.39, 0.29) is 27.1 Å². The molecule has 1 N–H and O–H groups in total. The van der Waals surface area contributed by atoms with Crippen LogP contribution in [0.1, 0.15) is 24.3 Å². The van der Waals surface area contributed by atoms with Crippen LogP contribution in [0.4, 0.5) is 5.69 Å². The van der Waals surface area contributed by atoms with Gasteiger partial charge in [-0.05, 0) is 59.4 Å². The number of non-ortho nitro benzene ring substituents is 1. The van der Waals surface area contributed by atoms with Crippen LogP contribution in [-0.2, 0) is 14.8 Å². The van der Waals surface area contributed by atoms with E-state index in [1.54, 1.807) is 11.4 Å². The van der Waals surface area contributed by atoms with E-state index in [0.29, 0.717) is 21.8 Å². The number of thioether (sulfide) groups is 1. The lowest BCUT2D eigenvalue weighted by molar-refractivity contribution is -0.384. The summed E-state index contributed by atoms with van der Waals surface area (Å²) in [5, 5.41) is 15.3. The van der Waals surface area contributed by atoms with E-state index in [1.165, 1.54) is 21.5 Å². The first-order valence-corrected chi connectivity index (χ1v) is 15.5. The highest BCUT2D eigenvalue weighted by Gasteiger charge is 2.27. The van der Waals surface area contributed by atoms with Gasteiger partial charge in [0.05, 0.1) is 26.6 Å². The van der Waals surface area contributed by atoms with Crippen molar-refractivity contribution in [3.8, 4) is 5.69 Å². The second-order valence-corrected chi connectivity index (χ2v) is 12.8. The molecule has 40 heavy (non-hydrogen) atoms. The lowest BCUT2D eigenvalue weighted by Crippen LogP contribution is -2.32. The Morgan fingerprint density at radius 1 is 1.05 bits per heavy atom. The Morgan fingerprint density at radius 2 is 1.77 bits per heavy atom. The minimum atomic E-state index is -4.26. The van der Waals surface area contributed by atoms with Crippen LogP contribution >= 0.6 is 23.1 Å². The maximum absolute atomic E-state index is 13.7. The van der Waals surface area contributed by atoms with Crippen LogP contribution in [-0.4, -0.2) is 34.6 Å². The van der Waals surface area contributed by atoms with Gasteiger partial charge >= 0.3 is 0 Å². The van der Waals surface area contributed by atoms with E-state index in [4.69, 9.17) is 0 Å². The van der Waals surface area contributed by atoms with E-state index >= 15 is 0 Å². The largest absolute Gasteiger partial charge is 0.273 e. The summed E-state index contributed by atoms with van der Waals surface area (Å²) in [5.74, 6) is -0.666. The maximum Gasteiger partial charge on any atom is 0.269 e. The highest BCUT2D eigenvalue weighted by atomic mass is 32.2. The van der Waals surface area contributed by atoms with Crippen LogP contribution < -0.4 is 10.3 Å². The predicted octanol–water partition coefficient (Wildman–Crippen LogP) is 4.98. The van der Waals surface area contributed by atoms with Gasteiger partial charge in [0, 0.05) is 17.5 Å². The highest BCUT2D eigenvalue weighted by Crippen LogP contribution is 2.44. The molecule has 10 nitrogen and oxygen atoms in total. The van der Waals surface area contributed by atoms with E-state index in [0.717, 1.165) is 59.6 Å². The molecule has 1 aliphatic carbocycles. The van der Waals surface area contributed by atoms with Gasteiger partial charge in [-0.3, -0.25) is 24.3 Å². The molecule has 202 valence electrons. The quantitative estimate of drug-likeness (QED) is 0.115. The van der Waals surface area contributed by atoms with Crippen LogP contribution in [0, 0.1) is 10.1 Å². The fourth-order valence-electron chi connectivity index (χ4n) is 4.57. The summed E-state index contributed by atoms with van der Waals surface area (Å²) in [6.07, 6.45) is 2.26. The monoisotopic (exact) mass is 592 g/mol. The zero-order valence-corrected chi connectivity index (χ0v) is 23.1. The Bertz CT molecular complexity index is 1980. The molecule has 1 amide bonds. The fraction of sp³-hybridized carbons (Fsp3) is 0.148. The number of nitro groups is 1. The van der Waals surface area contributed by atoms with Gasteiger partial charge in [0.15, 0.2) is 5.16 Å². The molecule has 0 bridgehead atoms. The van der Waals surface area contributed by atoms with Crippen LogP contribution in [0.5, 0.6) is 0 Å². The summed E-state index contributed by atoms with van der Waals surface area (Å²) >= 11 is 2.25. The number of fused-ring (bicyclic) bond motifs is 2.